The molecule has 0 aromatic heterocycles. The molecule has 206 valence electrons. The van der Waals surface area contributed by atoms with Gasteiger partial charge in [-0.15, -0.1) is 0 Å². The summed E-state index contributed by atoms with van der Waals surface area (Å²) < 4.78 is 5.87. The third-order valence-corrected chi connectivity index (χ3v) is 11.6. The normalized spacial score (nSPS) is 42.8. The molecule has 6 heteroatoms. The lowest BCUT2D eigenvalue weighted by molar-refractivity contribution is -0.181. The maximum atomic E-state index is 12.0. The second kappa shape index (κ2) is 10.9. The van der Waals surface area contributed by atoms with Crippen LogP contribution in [-0.2, 0) is 14.3 Å². The van der Waals surface area contributed by atoms with E-state index in [1.54, 1.807) is 0 Å². The quantitative estimate of drug-likeness (QED) is 0.360. The number of rotatable bonds is 11. The van der Waals surface area contributed by atoms with E-state index in [4.69, 9.17) is 4.74 Å². The summed E-state index contributed by atoms with van der Waals surface area (Å²) in [5.74, 6) is 1.49. The van der Waals surface area contributed by atoms with Gasteiger partial charge in [0.05, 0.1) is 12.0 Å². The molecular formula is C30H51NO5. The zero-order valence-electron chi connectivity index (χ0n) is 23.2. The standard InChI is InChI=1S/C30H51NO5/c1-5-15-31(16-6-2)19-22(33)18-30(36-20-32)14-13-28(3)21(17-30)7-8-23-24-9-10-26(27(34)35)29(24,4)12-11-25(23)28/h20-26,33H,5-19H2,1-4H3,(H,34,35)/t21?,22?,23-,24-,25-,26?,28-,29-,30?/m0/s1. The number of aliphatic hydroxyl groups is 1. The minimum atomic E-state index is -0.596. The molecule has 36 heavy (non-hydrogen) atoms. The van der Waals surface area contributed by atoms with Crippen molar-refractivity contribution in [2.45, 2.75) is 116 Å². The van der Waals surface area contributed by atoms with Gasteiger partial charge in [-0.1, -0.05) is 27.7 Å². The number of hydrogen-bond acceptors (Lipinski definition) is 5. The smallest absolute Gasteiger partial charge is 0.307 e. The van der Waals surface area contributed by atoms with Crippen molar-refractivity contribution in [2.24, 2.45) is 40.4 Å². The highest BCUT2D eigenvalue weighted by Crippen LogP contribution is 2.68. The molecule has 4 saturated carbocycles. The molecule has 0 aromatic rings. The topological polar surface area (TPSA) is 87.1 Å². The fraction of sp³-hybridized carbons (Fsp3) is 0.933. The first-order chi connectivity index (χ1) is 17.1. The van der Waals surface area contributed by atoms with Gasteiger partial charge in [-0.25, -0.2) is 0 Å². The fourth-order valence-corrected chi connectivity index (χ4v) is 9.88. The van der Waals surface area contributed by atoms with Gasteiger partial charge in [-0.2, -0.15) is 0 Å². The predicted molar refractivity (Wildman–Crippen MR) is 140 cm³/mol. The van der Waals surface area contributed by atoms with Crippen LogP contribution < -0.4 is 0 Å². The van der Waals surface area contributed by atoms with E-state index in [0.29, 0.717) is 43.1 Å². The summed E-state index contributed by atoms with van der Waals surface area (Å²) in [5.41, 5.74) is -0.405. The molecule has 4 aliphatic carbocycles. The Balaban J connectivity index is 1.47. The van der Waals surface area contributed by atoms with Gasteiger partial charge in [-0.3, -0.25) is 9.59 Å². The molecular weight excluding hydrogens is 454 g/mol. The molecule has 4 aliphatic rings. The second-order valence-electron chi connectivity index (χ2n) is 13.4. The van der Waals surface area contributed by atoms with Crippen molar-refractivity contribution in [3.05, 3.63) is 0 Å². The van der Waals surface area contributed by atoms with Gasteiger partial charge in [0.2, 0.25) is 0 Å². The van der Waals surface area contributed by atoms with Crippen LogP contribution in [0, 0.1) is 40.4 Å². The van der Waals surface area contributed by atoms with E-state index in [0.717, 1.165) is 83.7 Å². The summed E-state index contributed by atoms with van der Waals surface area (Å²) in [7, 11) is 0. The molecule has 0 aliphatic heterocycles. The van der Waals surface area contributed by atoms with Crippen LogP contribution in [0.25, 0.3) is 0 Å². The number of carboxylic acids is 1. The van der Waals surface area contributed by atoms with Crippen molar-refractivity contribution in [1.29, 1.82) is 0 Å². The van der Waals surface area contributed by atoms with Gasteiger partial charge in [0.25, 0.3) is 6.47 Å². The number of fused-ring (bicyclic) bond motifs is 5. The van der Waals surface area contributed by atoms with Crippen molar-refractivity contribution >= 4 is 12.4 Å². The highest BCUT2D eigenvalue weighted by Gasteiger charge is 2.62. The Bertz CT molecular complexity index is 783. The Labute approximate surface area is 218 Å². The van der Waals surface area contributed by atoms with Crippen LogP contribution in [0.5, 0.6) is 0 Å². The van der Waals surface area contributed by atoms with E-state index in [1.807, 2.05) is 0 Å². The number of carbonyl (C=O) groups excluding carboxylic acids is 1. The van der Waals surface area contributed by atoms with Crippen molar-refractivity contribution in [1.82, 2.24) is 4.90 Å². The van der Waals surface area contributed by atoms with Gasteiger partial charge in [0.1, 0.15) is 5.60 Å². The Morgan fingerprint density at radius 1 is 1.00 bits per heavy atom. The minimum Gasteiger partial charge on any atom is -0.481 e. The molecule has 9 atom stereocenters. The van der Waals surface area contributed by atoms with Crippen molar-refractivity contribution in [2.75, 3.05) is 19.6 Å². The highest BCUT2D eigenvalue weighted by atomic mass is 16.5. The van der Waals surface area contributed by atoms with Gasteiger partial charge in [0.15, 0.2) is 0 Å². The summed E-state index contributed by atoms with van der Waals surface area (Å²) in [5, 5.41) is 21.0. The summed E-state index contributed by atoms with van der Waals surface area (Å²) in [6.07, 6.45) is 11.2. The lowest BCUT2D eigenvalue weighted by Gasteiger charge is -2.62. The monoisotopic (exact) mass is 505 g/mol. The van der Waals surface area contributed by atoms with Crippen LogP contribution in [0.1, 0.15) is 105 Å². The fourth-order valence-electron chi connectivity index (χ4n) is 9.88. The maximum Gasteiger partial charge on any atom is 0.307 e. The Morgan fingerprint density at radius 2 is 1.69 bits per heavy atom. The average molecular weight is 506 g/mol. The molecule has 2 N–H and O–H groups in total. The summed E-state index contributed by atoms with van der Waals surface area (Å²) in [6, 6.07) is 0. The van der Waals surface area contributed by atoms with Gasteiger partial charge >= 0.3 is 5.97 Å². The number of carboxylic acid groups (broad SMARTS) is 1. The zero-order valence-corrected chi connectivity index (χ0v) is 23.2. The number of ether oxygens (including phenoxy) is 1. The molecule has 0 aromatic carbocycles. The first kappa shape index (κ1) is 27.9. The number of nitrogens with zero attached hydrogens (tertiary/aromatic N) is 1. The molecule has 4 fully saturated rings. The first-order valence-corrected chi connectivity index (χ1v) is 14.9. The largest absolute Gasteiger partial charge is 0.481 e. The lowest BCUT2D eigenvalue weighted by atomic mass is 9.43. The van der Waals surface area contributed by atoms with Gasteiger partial charge in [0, 0.05) is 13.0 Å². The minimum absolute atomic E-state index is 0.0534. The van der Waals surface area contributed by atoms with E-state index in [-0.39, 0.29) is 16.7 Å². The van der Waals surface area contributed by atoms with Crippen LogP contribution in [0.3, 0.4) is 0 Å². The first-order valence-electron chi connectivity index (χ1n) is 14.9. The number of hydrogen-bond donors (Lipinski definition) is 2. The third-order valence-electron chi connectivity index (χ3n) is 11.6. The van der Waals surface area contributed by atoms with Crippen LogP contribution in [-0.4, -0.2) is 58.9 Å². The van der Waals surface area contributed by atoms with E-state index in [2.05, 4.69) is 32.6 Å². The average Bonchev–Trinajstić information content (AvgIpc) is 3.17. The molecule has 0 heterocycles. The van der Waals surface area contributed by atoms with E-state index >= 15 is 0 Å². The number of aliphatic hydroxyl groups excluding tert-OH is 1. The van der Waals surface area contributed by atoms with Crippen molar-refractivity contribution in [3.8, 4) is 0 Å². The van der Waals surface area contributed by atoms with Crippen LogP contribution in [0.2, 0.25) is 0 Å². The van der Waals surface area contributed by atoms with Gasteiger partial charge in [-0.05, 0) is 118 Å². The SMILES string of the molecule is CCCN(CCC)CC(O)CC1(OC=O)CC[C@@]2(C)C(CC[C@@H]3[C@@H]2CC[C@]2(C)C(C(=O)O)CC[C@@H]32)C1. The summed E-state index contributed by atoms with van der Waals surface area (Å²) in [4.78, 5) is 26.0. The second-order valence-corrected chi connectivity index (χ2v) is 13.4. The predicted octanol–water partition coefficient (Wildman–Crippen LogP) is 5.51. The molecule has 4 rings (SSSR count). The molecule has 0 radical (unpaired) electrons. The summed E-state index contributed by atoms with van der Waals surface area (Å²) >= 11 is 0. The zero-order chi connectivity index (χ0) is 26.1. The van der Waals surface area contributed by atoms with Gasteiger partial charge < -0.3 is 19.8 Å². The summed E-state index contributed by atoms with van der Waals surface area (Å²) in [6.45, 7) is 12.3. The number of aliphatic carboxylic acids is 1. The van der Waals surface area contributed by atoms with Crippen LogP contribution in [0.15, 0.2) is 0 Å². The van der Waals surface area contributed by atoms with E-state index in [9.17, 15) is 19.8 Å². The highest BCUT2D eigenvalue weighted by molar-refractivity contribution is 5.71. The Hall–Kier alpha value is -1.14. The third kappa shape index (κ3) is 4.98. The number of carbonyl (C=O) groups is 2. The molecule has 0 bridgehead atoms. The molecule has 0 spiro atoms. The molecule has 4 unspecified atom stereocenters. The maximum absolute atomic E-state index is 12.0. The molecule has 6 nitrogen and oxygen atoms in total. The lowest BCUT2D eigenvalue weighted by Crippen LogP contribution is -2.57. The van der Waals surface area contributed by atoms with E-state index in [1.165, 1.54) is 0 Å². The molecule has 0 amide bonds. The van der Waals surface area contributed by atoms with Crippen LogP contribution in [0.4, 0.5) is 0 Å². The Morgan fingerprint density at radius 3 is 2.33 bits per heavy atom. The molecule has 0 saturated heterocycles. The van der Waals surface area contributed by atoms with E-state index < -0.39 is 17.7 Å². The Kier molecular flexibility index (Phi) is 8.46. The van der Waals surface area contributed by atoms with Crippen molar-refractivity contribution < 1.29 is 24.5 Å². The van der Waals surface area contributed by atoms with Crippen molar-refractivity contribution in [3.63, 3.8) is 0 Å². The van der Waals surface area contributed by atoms with Crippen LogP contribution >= 0.6 is 0 Å².